The predicted octanol–water partition coefficient (Wildman–Crippen LogP) is 3.49. The van der Waals surface area contributed by atoms with Gasteiger partial charge in [0.15, 0.2) is 0 Å². The Labute approximate surface area is 146 Å². The zero-order chi connectivity index (χ0) is 16.4. The van der Waals surface area contributed by atoms with E-state index in [-0.39, 0.29) is 6.61 Å². The van der Waals surface area contributed by atoms with Crippen LogP contribution in [-0.2, 0) is 6.61 Å². The third-order valence-electron chi connectivity index (χ3n) is 3.27. The van der Waals surface area contributed by atoms with Gasteiger partial charge >= 0.3 is 0 Å². The van der Waals surface area contributed by atoms with Crippen molar-refractivity contribution in [2.24, 2.45) is 0 Å². The Hall–Kier alpha value is -1.99. The Balaban J connectivity index is 1.88. The molecular formula is C15H13BrClN3O3. The van der Waals surface area contributed by atoms with Gasteiger partial charge in [-0.15, -0.1) is 5.10 Å². The molecular weight excluding hydrogens is 386 g/mol. The number of hydrogen-bond donors (Lipinski definition) is 0. The molecule has 0 fully saturated rings. The van der Waals surface area contributed by atoms with Crippen molar-refractivity contribution in [3.63, 3.8) is 0 Å². The first-order valence-electron chi connectivity index (χ1n) is 6.67. The molecule has 0 saturated carbocycles. The van der Waals surface area contributed by atoms with Gasteiger partial charge in [0, 0.05) is 10.6 Å². The Morgan fingerprint density at radius 1 is 1.13 bits per heavy atom. The number of benzene rings is 2. The van der Waals surface area contributed by atoms with Gasteiger partial charge in [-0.05, 0) is 51.5 Å². The van der Waals surface area contributed by atoms with E-state index in [0.717, 1.165) is 10.0 Å². The molecule has 120 valence electrons. The molecule has 0 atom stereocenters. The Bertz CT molecular complexity index is 853. The highest BCUT2D eigenvalue weighted by atomic mass is 79.9. The van der Waals surface area contributed by atoms with Crippen molar-refractivity contribution in [3.05, 3.63) is 45.4 Å². The molecule has 0 bridgehead atoms. The standard InChI is InChI=1S/C15H13BrClN3O3/c1-21-14-7-11(16)15(22-2)5-9(14)8-23-20-13-6-10(17)3-4-12(13)18-19-20/h3-7H,8H2,1-2H3. The fourth-order valence-corrected chi connectivity index (χ4v) is 2.78. The summed E-state index contributed by atoms with van der Waals surface area (Å²) in [6, 6.07) is 8.96. The van der Waals surface area contributed by atoms with E-state index in [1.165, 1.54) is 4.85 Å². The third kappa shape index (κ3) is 3.20. The third-order valence-corrected chi connectivity index (χ3v) is 4.13. The van der Waals surface area contributed by atoms with Gasteiger partial charge in [0.25, 0.3) is 0 Å². The summed E-state index contributed by atoms with van der Waals surface area (Å²) in [6.45, 7) is 0.234. The fraction of sp³-hybridized carbons (Fsp3) is 0.200. The second kappa shape index (κ2) is 6.64. The second-order valence-electron chi connectivity index (χ2n) is 4.67. The Kier molecular flexibility index (Phi) is 4.58. The number of ether oxygens (including phenoxy) is 2. The minimum atomic E-state index is 0.234. The molecule has 23 heavy (non-hydrogen) atoms. The first kappa shape index (κ1) is 15.9. The van der Waals surface area contributed by atoms with Crippen molar-refractivity contribution in [2.45, 2.75) is 6.61 Å². The highest BCUT2D eigenvalue weighted by Crippen LogP contribution is 2.32. The number of rotatable bonds is 5. The average molecular weight is 399 g/mol. The lowest BCUT2D eigenvalue weighted by Crippen LogP contribution is -2.13. The SMILES string of the molecule is COc1cc(COn2nnc3ccc(Cl)cc32)c(OC)cc1Br. The summed E-state index contributed by atoms with van der Waals surface area (Å²) in [7, 11) is 3.20. The molecule has 3 aromatic rings. The maximum atomic E-state index is 6.00. The molecule has 0 aliphatic carbocycles. The van der Waals surface area contributed by atoms with Gasteiger partial charge in [-0.25, -0.2) is 0 Å². The summed E-state index contributed by atoms with van der Waals surface area (Å²) < 4.78 is 11.5. The van der Waals surface area contributed by atoms with Crippen LogP contribution in [0.5, 0.6) is 11.5 Å². The largest absolute Gasteiger partial charge is 0.496 e. The zero-order valence-electron chi connectivity index (χ0n) is 12.4. The van der Waals surface area contributed by atoms with Gasteiger partial charge in [-0.2, -0.15) is 0 Å². The fourth-order valence-electron chi connectivity index (χ4n) is 2.13. The van der Waals surface area contributed by atoms with Crippen LogP contribution in [-0.4, -0.2) is 29.4 Å². The van der Waals surface area contributed by atoms with Gasteiger partial charge in [0.1, 0.15) is 29.1 Å². The summed E-state index contributed by atoms with van der Waals surface area (Å²) in [6.07, 6.45) is 0. The quantitative estimate of drug-likeness (QED) is 0.658. The number of halogens is 2. The molecule has 0 unspecified atom stereocenters. The summed E-state index contributed by atoms with van der Waals surface area (Å²) in [5.41, 5.74) is 2.22. The lowest BCUT2D eigenvalue weighted by molar-refractivity contribution is 0.0737. The topological polar surface area (TPSA) is 58.4 Å². The van der Waals surface area contributed by atoms with Crippen molar-refractivity contribution >= 4 is 38.6 Å². The monoisotopic (exact) mass is 397 g/mol. The van der Waals surface area contributed by atoms with Crippen molar-refractivity contribution in [2.75, 3.05) is 14.2 Å². The molecule has 8 heteroatoms. The van der Waals surface area contributed by atoms with Gasteiger partial charge in [0.2, 0.25) is 0 Å². The van der Waals surface area contributed by atoms with Crippen molar-refractivity contribution in [1.82, 2.24) is 15.2 Å². The van der Waals surface area contributed by atoms with Crippen LogP contribution in [0.15, 0.2) is 34.8 Å². The van der Waals surface area contributed by atoms with Gasteiger partial charge in [-0.1, -0.05) is 16.4 Å². The summed E-state index contributed by atoms with van der Waals surface area (Å²) >= 11 is 9.43. The normalized spacial score (nSPS) is 10.8. The van der Waals surface area contributed by atoms with Crippen LogP contribution in [0.25, 0.3) is 11.0 Å². The minimum Gasteiger partial charge on any atom is -0.496 e. The number of hydrogen-bond acceptors (Lipinski definition) is 5. The van der Waals surface area contributed by atoms with Gasteiger partial charge in [-0.3, -0.25) is 0 Å². The molecule has 0 radical (unpaired) electrons. The molecule has 6 nitrogen and oxygen atoms in total. The van der Waals surface area contributed by atoms with Crippen LogP contribution in [0.2, 0.25) is 5.02 Å². The van der Waals surface area contributed by atoms with Crippen molar-refractivity contribution in [3.8, 4) is 11.5 Å². The second-order valence-corrected chi connectivity index (χ2v) is 5.96. The maximum Gasteiger partial charge on any atom is 0.146 e. The first-order chi connectivity index (χ1) is 11.1. The van der Waals surface area contributed by atoms with Crippen LogP contribution in [0, 0.1) is 0 Å². The molecule has 0 N–H and O–H groups in total. The van der Waals surface area contributed by atoms with Crippen LogP contribution < -0.4 is 14.3 Å². The molecule has 0 aliphatic rings. The number of aromatic nitrogens is 3. The van der Waals surface area contributed by atoms with Crippen LogP contribution in [0.4, 0.5) is 0 Å². The number of nitrogens with zero attached hydrogens (tertiary/aromatic N) is 3. The van der Waals surface area contributed by atoms with E-state index in [9.17, 15) is 0 Å². The summed E-state index contributed by atoms with van der Waals surface area (Å²) in [5.74, 6) is 1.37. The van der Waals surface area contributed by atoms with E-state index in [1.807, 2.05) is 12.1 Å². The summed E-state index contributed by atoms with van der Waals surface area (Å²) in [4.78, 5) is 7.06. The molecule has 2 aromatic carbocycles. The highest BCUT2D eigenvalue weighted by molar-refractivity contribution is 9.10. The Morgan fingerprint density at radius 3 is 2.65 bits per heavy atom. The first-order valence-corrected chi connectivity index (χ1v) is 7.84. The zero-order valence-corrected chi connectivity index (χ0v) is 14.8. The molecule has 0 saturated heterocycles. The van der Waals surface area contributed by atoms with E-state index in [2.05, 4.69) is 26.2 Å². The van der Waals surface area contributed by atoms with Gasteiger partial charge in [0.05, 0.1) is 18.7 Å². The molecule has 3 rings (SSSR count). The number of methoxy groups -OCH3 is 2. The smallest absolute Gasteiger partial charge is 0.146 e. The van der Waals surface area contributed by atoms with Gasteiger partial charge < -0.3 is 14.3 Å². The summed E-state index contributed by atoms with van der Waals surface area (Å²) in [5, 5.41) is 8.59. The molecule has 0 aliphatic heterocycles. The van der Waals surface area contributed by atoms with E-state index >= 15 is 0 Å². The van der Waals surface area contributed by atoms with Crippen LogP contribution in [0.1, 0.15) is 5.56 Å². The van der Waals surface area contributed by atoms with E-state index < -0.39 is 0 Å². The molecule has 0 spiro atoms. The van der Waals surface area contributed by atoms with E-state index in [1.54, 1.807) is 32.4 Å². The Morgan fingerprint density at radius 2 is 1.91 bits per heavy atom. The number of fused-ring (bicyclic) bond motifs is 1. The molecule has 1 aromatic heterocycles. The lowest BCUT2D eigenvalue weighted by Gasteiger charge is -2.12. The lowest BCUT2D eigenvalue weighted by atomic mass is 10.2. The maximum absolute atomic E-state index is 6.00. The highest BCUT2D eigenvalue weighted by Gasteiger charge is 2.12. The molecule has 1 heterocycles. The van der Waals surface area contributed by atoms with Crippen LogP contribution >= 0.6 is 27.5 Å². The van der Waals surface area contributed by atoms with E-state index in [4.69, 9.17) is 25.9 Å². The van der Waals surface area contributed by atoms with Crippen molar-refractivity contribution < 1.29 is 14.3 Å². The van der Waals surface area contributed by atoms with Crippen molar-refractivity contribution in [1.29, 1.82) is 0 Å². The average Bonchev–Trinajstić information content (AvgIpc) is 2.95. The minimum absolute atomic E-state index is 0.234. The van der Waals surface area contributed by atoms with E-state index in [0.29, 0.717) is 27.6 Å². The predicted molar refractivity (Wildman–Crippen MR) is 90.1 cm³/mol. The van der Waals surface area contributed by atoms with Crippen LogP contribution in [0.3, 0.4) is 0 Å². The molecule has 0 amide bonds.